The van der Waals surface area contributed by atoms with Crippen LogP contribution in [0.15, 0.2) is 0 Å². The highest BCUT2D eigenvalue weighted by atomic mass is 16.1. The highest BCUT2D eigenvalue weighted by molar-refractivity contribution is 5.50. The molecule has 0 unspecified atom stereocenters. The Morgan fingerprint density at radius 2 is 2.20 bits per heavy atom. The van der Waals surface area contributed by atoms with Gasteiger partial charge in [0, 0.05) is 6.42 Å². The number of fused-ring (bicyclic) bond motifs is 2. The smallest absolute Gasteiger partial charge is 0.120 e. The van der Waals surface area contributed by atoms with Gasteiger partial charge in [0.05, 0.1) is 0 Å². The predicted octanol–water partition coefficient (Wildman–Crippen LogP) is 2.01. The van der Waals surface area contributed by atoms with E-state index in [1.54, 1.807) is 0 Å². The SMILES string of the molecule is O=CC[C@H]1C[C@@H]2CC[C@H]1C2. The molecule has 0 aliphatic heterocycles. The molecule has 1 heteroatoms. The molecular weight excluding hydrogens is 124 g/mol. The van der Waals surface area contributed by atoms with Crippen molar-refractivity contribution in [1.82, 2.24) is 0 Å². The maximum atomic E-state index is 10.2. The Bertz CT molecular complexity index is 142. The van der Waals surface area contributed by atoms with Crippen LogP contribution >= 0.6 is 0 Å². The second-order valence-corrected chi connectivity index (χ2v) is 3.84. The van der Waals surface area contributed by atoms with Gasteiger partial charge in [0.25, 0.3) is 0 Å². The summed E-state index contributed by atoms with van der Waals surface area (Å²) in [5, 5.41) is 0. The van der Waals surface area contributed by atoms with Crippen molar-refractivity contribution in [3.8, 4) is 0 Å². The molecule has 2 bridgehead atoms. The third-order valence-electron chi connectivity index (χ3n) is 3.28. The summed E-state index contributed by atoms with van der Waals surface area (Å²) in [5.41, 5.74) is 0. The van der Waals surface area contributed by atoms with Crippen LogP contribution in [0.5, 0.6) is 0 Å². The van der Waals surface area contributed by atoms with Crippen molar-refractivity contribution in [2.24, 2.45) is 17.8 Å². The van der Waals surface area contributed by atoms with Gasteiger partial charge in [-0.2, -0.15) is 0 Å². The number of aldehydes is 1. The minimum atomic E-state index is 0.774. The van der Waals surface area contributed by atoms with Gasteiger partial charge in [-0.3, -0.25) is 0 Å². The number of hydrogen-bond acceptors (Lipinski definition) is 1. The lowest BCUT2D eigenvalue weighted by atomic mass is 9.87. The Hall–Kier alpha value is -0.330. The van der Waals surface area contributed by atoms with E-state index in [0.717, 1.165) is 30.5 Å². The van der Waals surface area contributed by atoms with E-state index in [1.807, 2.05) is 0 Å². The third kappa shape index (κ3) is 0.882. The summed E-state index contributed by atoms with van der Waals surface area (Å²) in [6, 6.07) is 0. The number of carbonyl (C=O) groups excluding carboxylic acids is 1. The first-order valence-corrected chi connectivity index (χ1v) is 4.34. The molecule has 10 heavy (non-hydrogen) atoms. The van der Waals surface area contributed by atoms with Crippen LogP contribution in [0, 0.1) is 17.8 Å². The highest BCUT2D eigenvalue weighted by Gasteiger charge is 2.38. The van der Waals surface area contributed by atoms with Gasteiger partial charge in [-0.05, 0) is 37.0 Å². The molecule has 0 radical (unpaired) electrons. The van der Waals surface area contributed by atoms with Crippen molar-refractivity contribution in [3.05, 3.63) is 0 Å². The lowest BCUT2D eigenvalue weighted by molar-refractivity contribution is -0.108. The second kappa shape index (κ2) is 2.37. The molecule has 56 valence electrons. The van der Waals surface area contributed by atoms with E-state index in [1.165, 1.54) is 25.7 Å². The van der Waals surface area contributed by atoms with Gasteiger partial charge in [0.15, 0.2) is 0 Å². The normalized spacial score (nSPS) is 44.2. The molecule has 0 N–H and O–H groups in total. The molecule has 2 fully saturated rings. The molecule has 0 aromatic rings. The first-order chi connectivity index (χ1) is 4.90. The highest BCUT2D eigenvalue weighted by Crippen LogP contribution is 2.49. The van der Waals surface area contributed by atoms with E-state index >= 15 is 0 Å². The summed E-state index contributed by atoms with van der Waals surface area (Å²) < 4.78 is 0. The molecule has 0 spiro atoms. The second-order valence-electron chi connectivity index (χ2n) is 3.84. The van der Waals surface area contributed by atoms with Crippen molar-refractivity contribution in [1.29, 1.82) is 0 Å². The summed E-state index contributed by atoms with van der Waals surface area (Å²) in [7, 11) is 0. The fraction of sp³-hybridized carbons (Fsp3) is 0.889. The van der Waals surface area contributed by atoms with Crippen molar-refractivity contribution in [2.75, 3.05) is 0 Å². The van der Waals surface area contributed by atoms with Gasteiger partial charge in [-0.25, -0.2) is 0 Å². The van der Waals surface area contributed by atoms with Crippen LogP contribution in [0.4, 0.5) is 0 Å². The first kappa shape index (κ1) is 6.38. The Morgan fingerprint density at radius 1 is 1.30 bits per heavy atom. The zero-order valence-electron chi connectivity index (χ0n) is 6.25. The number of hydrogen-bond donors (Lipinski definition) is 0. The van der Waals surface area contributed by atoms with E-state index in [-0.39, 0.29) is 0 Å². The summed E-state index contributed by atoms with van der Waals surface area (Å²) >= 11 is 0. The van der Waals surface area contributed by atoms with Crippen molar-refractivity contribution in [2.45, 2.75) is 32.1 Å². The fourth-order valence-electron chi connectivity index (χ4n) is 2.79. The predicted molar refractivity (Wildman–Crippen MR) is 39.6 cm³/mol. The largest absolute Gasteiger partial charge is 0.303 e. The molecule has 0 amide bonds. The van der Waals surface area contributed by atoms with Crippen LogP contribution in [0.1, 0.15) is 32.1 Å². The molecule has 2 aliphatic rings. The standard InChI is InChI=1S/C9H14O/c10-4-3-9-6-7-1-2-8(9)5-7/h4,7-9H,1-3,5-6H2/t7-,8+,9+/m1/s1. The quantitative estimate of drug-likeness (QED) is 0.533. The zero-order valence-corrected chi connectivity index (χ0v) is 6.25. The lowest BCUT2D eigenvalue weighted by Crippen LogP contribution is -2.10. The molecule has 0 heterocycles. The van der Waals surface area contributed by atoms with Crippen LogP contribution in [0.3, 0.4) is 0 Å². The zero-order chi connectivity index (χ0) is 6.97. The first-order valence-electron chi connectivity index (χ1n) is 4.34. The molecule has 3 atom stereocenters. The van der Waals surface area contributed by atoms with E-state index in [4.69, 9.17) is 0 Å². The maximum absolute atomic E-state index is 10.2. The molecule has 0 aromatic carbocycles. The number of carbonyl (C=O) groups is 1. The monoisotopic (exact) mass is 138 g/mol. The molecule has 0 aromatic heterocycles. The van der Waals surface area contributed by atoms with Gasteiger partial charge >= 0.3 is 0 Å². The lowest BCUT2D eigenvalue weighted by Gasteiger charge is -2.18. The van der Waals surface area contributed by atoms with E-state index in [9.17, 15) is 4.79 Å². The Balaban J connectivity index is 1.95. The van der Waals surface area contributed by atoms with Gasteiger partial charge in [0.2, 0.25) is 0 Å². The maximum Gasteiger partial charge on any atom is 0.120 e. The van der Waals surface area contributed by atoms with Crippen molar-refractivity contribution >= 4 is 6.29 Å². The Morgan fingerprint density at radius 3 is 2.70 bits per heavy atom. The number of rotatable bonds is 2. The summed E-state index contributed by atoms with van der Waals surface area (Å²) in [5.74, 6) is 2.70. The van der Waals surface area contributed by atoms with Gasteiger partial charge in [0.1, 0.15) is 6.29 Å². The average Bonchev–Trinajstić information content (AvgIpc) is 2.48. The Kier molecular flexibility index (Phi) is 1.51. The molecule has 0 saturated heterocycles. The topological polar surface area (TPSA) is 17.1 Å². The van der Waals surface area contributed by atoms with E-state index < -0.39 is 0 Å². The average molecular weight is 138 g/mol. The summed E-state index contributed by atoms with van der Waals surface area (Å²) in [4.78, 5) is 10.2. The van der Waals surface area contributed by atoms with Crippen LogP contribution < -0.4 is 0 Å². The molecule has 2 aliphatic carbocycles. The van der Waals surface area contributed by atoms with Crippen LogP contribution in [0.2, 0.25) is 0 Å². The molecule has 2 saturated carbocycles. The van der Waals surface area contributed by atoms with Gasteiger partial charge in [-0.15, -0.1) is 0 Å². The van der Waals surface area contributed by atoms with E-state index in [0.29, 0.717) is 0 Å². The minimum absolute atomic E-state index is 0.774. The van der Waals surface area contributed by atoms with Crippen LogP contribution in [0.25, 0.3) is 0 Å². The van der Waals surface area contributed by atoms with Crippen molar-refractivity contribution < 1.29 is 4.79 Å². The van der Waals surface area contributed by atoms with Crippen molar-refractivity contribution in [3.63, 3.8) is 0 Å². The molecule has 2 rings (SSSR count). The Labute approximate surface area is 61.8 Å². The van der Waals surface area contributed by atoms with Crippen LogP contribution in [-0.2, 0) is 4.79 Å². The van der Waals surface area contributed by atoms with Crippen LogP contribution in [-0.4, -0.2) is 6.29 Å². The third-order valence-corrected chi connectivity index (χ3v) is 3.28. The molecule has 1 nitrogen and oxygen atoms in total. The summed E-state index contributed by atoms with van der Waals surface area (Å²) in [6.07, 6.45) is 7.57. The van der Waals surface area contributed by atoms with E-state index in [2.05, 4.69) is 0 Å². The minimum Gasteiger partial charge on any atom is -0.303 e. The fourth-order valence-corrected chi connectivity index (χ4v) is 2.79. The summed E-state index contributed by atoms with van der Waals surface area (Å²) in [6.45, 7) is 0. The van der Waals surface area contributed by atoms with Gasteiger partial charge < -0.3 is 4.79 Å². The molecular formula is C9H14O. The van der Waals surface area contributed by atoms with Gasteiger partial charge in [-0.1, -0.05) is 6.42 Å².